The van der Waals surface area contributed by atoms with Gasteiger partial charge in [0.1, 0.15) is 0 Å². The van der Waals surface area contributed by atoms with Crippen LogP contribution in [0.4, 0.5) is 0 Å². The summed E-state index contributed by atoms with van der Waals surface area (Å²) in [5.74, 6) is 7.45. The molecule has 0 saturated carbocycles. The summed E-state index contributed by atoms with van der Waals surface area (Å²) in [5, 5.41) is 8.64. The maximum atomic E-state index is 8.64. The van der Waals surface area contributed by atoms with E-state index in [4.69, 9.17) is 5.11 Å². The van der Waals surface area contributed by atoms with Crippen molar-refractivity contribution in [3.63, 3.8) is 0 Å². The fraction of sp³-hybridized carbons (Fsp3) is 0.882. The number of aliphatic hydroxyl groups excluding tert-OH is 1. The molecule has 0 aromatic rings. The Balaban J connectivity index is 3.14. The predicted molar refractivity (Wildman–Crippen MR) is 80.5 cm³/mol. The number of aliphatic hydroxyl groups is 1. The summed E-state index contributed by atoms with van der Waals surface area (Å²) in [4.78, 5) is 0. The van der Waals surface area contributed by atoms with E-state index in [2.05, 4.69) is 25.7 Å². The minimum atomic E-state index is 0.344. The van der Waals surface area contributed by atoms with Gasteiger partial charge in [-0.2, -0.15) is 0 Å². The quantitative estimate of drug-likeness (QED) is 0.408. The highest BCUT2D eigenvalue weighted by molar-refractivity contribution is 4.98. The van der Waals surface area contributed by atoms with Crippen LogP contribution in [0.5, 0.6) is 0 Å². The van der Waals surface area contributed by atoms with Crippen molar-refractivity contribution < 1.29 is 5.11 Å². The SMILES string of the molecule is CC[C@@H](C)CCCCC#CCCCCCCCO. The molecule has 0 aromatic carbocycles. The summed E-state index contributed by atoms with van der Waals surface area (Å²) >= 11 is 0. The molecular formula is C17H32O. The van der Waals surface area contributed by atoms with Gasteiger partial charge in [0.2, 0.25) is 0 Å². The molecule has 1 heteroatoms. The summed E-state index contributed by atoms with van der Waals surface area (Å²) in [7, 11) is 0. The Morgan fingerprint density at radius 1 is 0.833 bits per heavy atom. The lowest BCUT2D eigenvalue weighted by Gasteiger charge is -2.05. The van der Waals surface area contributed by atoms with Crippen LogP contribution in [0.3, 0.4) is 0 Å². The average Bonchev–Trinajstić information content (AvgIpc) is 2.39. The molecule has 0 saturated heterocycles. The predicted octanol–water partition coefficient (Wildman–Crippen LogP) is 4.93. The first kappa shape index (κ1) is 17.5. The van der Waals surface area contributed by atoms with Crippen molar-refractivity contribution in [2.75, 3.05) is 6.61 Å². The molecule has 0 radical (unpaired) electrons. The zero-order valence-corrected chi connectivity index (χ0v) is 12.5. The first-order chi connectivity index (χ1) is 8.81. The molecule has 0 unspecified atom stereocenters. The van der Waals surface area contributed by atoms with E-state index < -0.39 is 0 Å². The zero-order valence-electron chi connectivity index (χ0n) is 12.5. The molecule has 0 spiro atoms. The molecule has 0 aliphatic rings. The maximum Gasteiger partial charge on any atom is 0.0431 e. The van der Waals surface area contributed by atoms with Crippen LogP contribution >= 0.6 is 0 Å². The van der Waals surface area contributed by atoms with Crippen molar-refractivity contribution >= 4 is 0 Å². The lowest BCUT2D eigenvalue weighted by Crippen LogP contribution is -1.90. The standard InChI is InChI=1S/C17H32O/c1-3-17(2)15-13-11-9-7-5-4-6-8-10-12-14-16-18/h17-18H,3-4,6,8-16H2,1-2H3/t17-/m1/s1. The fourth-order valence-electron chi connectivity index (χ4n) is 1.94. The highest BCUT2D eigenvalue weighted by Gasteiger charge is 1.96. The van der Waals surface area contributed by atoms with Gasteiger partial charge in [-0.3, -0.25) is 0 Å². The van der Waals surface area contributed by atoms with Crippen LogP contribution in [0, 0.1) is 17.8 Å². The second-order valence-corrected chi connectivity index (χ2v) is 5.35. The monoisotopic (exact) mass is 252 g/mol. The van der Waals surface area contributed by atoms with Crippen LogP contribution in [0.1, 0.15) is 84.5 Å². The molecule has 0 rings (SSSR count). The van der Waals surface area contributed by atoms with Gasteiger partial charge < -0.3 is 5.11 Å². The van der Waals surface area contributed by atoms with E-state index in [-0.39, 0.29) is 0 Å². The second kappa shape index (κ2) is 14.6. The molecule has 0 aliphatic heterocycles. The molecule has 1 atom stereocenters. The minimum absolute atomic E-state index is 0.344. The maximum absolute atomic E-state index is 8.64. The van der Waals surface area contributed by atoms with Gasteiger partial charge in [-0.15, -0.1) is 11.8 Å². The number of unbranched alkanes of at least 4 members (excludes halogenated alkanes) is 7. The van der Waals surface area contributed by atoms with E-state index in [0.717, 1.165) is 25.2 Å². The van der Waals surface area contributed by atoms with Crippen LogP contribution < -0.4 is 0 Å². The number of hydrogen-bond donors (Lipinski definition) is 1. The van der Waals surface area contributed by atoms with Crippen molar-refractivity contribution in [2.24, 2.45) is 5.92 Å². The van der Waals surface area contributed by atoms with Gasteiger partial charge >= 0.3 is 0 Å². The Kier molecular flexibility index (Phi) is 14.2. The third-order valence-electron chi connectivity index (χ3n) is 3.53. The molecule has 0 amide bonds. The average molecular weight is 252 g/mol. The van der Waals surface area contributed by atoms with Gasteiger partial charge in [-0.1, -0.05) is 52.4 Å². The molecule has 0 fully saturated rings. The van der Waals surface area contributed by atoms with Gasteiger partial charge in [-0.05, 0) is 25.2 Å². The van der Waals surface area contributed by atoms with Crippen LogP contribution in [0.25, 0.3) is 0 Å². The van der Waals surface area contributed by atoms with Crippen LogP contribution in [0.2, 0.25) is 0 Å². The Bertz CT molecular complexity index is 211. The molecule has 1 N–H and O–H groups in total. The van der Waals surface area contributed by atoms with Crippen LogP contribution in [0.15, 0.2) is 0 Å². The number of rotatable bonds is 11. The second-order valence-electron chi connectivity index (χ2n) is 5.35. The van der Waals surface area contributed by atoms with E-state index in [1.54, 1.807) is 0 Å². The molecule has 0 aromatic heterocycles. The summed E-state index contributed by atoms with van der Waals surface area (Å²) < 4.78 is 0. The molecule has 0 heterocycles. The molecule has 18 heavy (non-hydrogen) atoms. The normalized spacial score (nSPS) is 11.9. The Hall–Kier alpha value is -0.480. The van der Waals surface area contributed by atoms with Gasteiger partial charge in [0.25, 0.3) is 0 Å². The highest BCUT2D eigenvalue weighted by Crippen LogP contribution is 2.11. The van der Waals surface area contributed by atoms with Gasteiger partial charge in [0.05, 0.1) is 0 Å². The van der Waals surface area contributed by atoms with Gasteiger partial charge in [0.15, 0.2) is 0 Å². The number of hydrogen-bond acceptors (Lipinski definition) is 1. The van der Waals surface area contributed by atoms with Crippen molar-refractivity contribution in [1.29, 1.82) is 0 Å². The van der Waals surface area contributed by atoms with E-state index in [1.807, 2.05) is 0 Å². The summed E-state index contributed by atoms with van der Waals surface area (Å²) in [6.07, 6.45) is 13.3. The molecule has 0 aliphatic carbocycles. The zero-order chi connectivity index (χ0) is 13.5. The van der Waals surface area contributed by atoms with E-state index in [0.29, 0.717) is 6.61 Å². The lowest BCUT2D eigenvalue weighted by molar-refractivity contribution is 0.282. The third-order valence-corrected chi connectivity index (χ3v) is 3.53. The molecule has 1 nitrogen and oxygen atoms in total. The van der Waals surface area contributed by atoms with Crippen LogP contribution in [-0.4, -0.2) is 11.7 Å². The minimum Gasteiger partial charge on any atom is -0.396 e. The summed E-state index contributed by atoms with van der Waals surface area (Å²) in [6, 6.07) is 0. The largest absolute Gasteiger partial charge is 0.396 e. The Labute approximate surface area is 114 Å². The van der Waals surface area contributed by atoms with E-state index in [9.17, 15) is 0 Å². The Morgan fingerprint density at radius 2 is 1.39 bits per heavy atom. The molecule has 106 valence electrons. The lowest BCUT2D eigenvalue weighted by atomic mass is 10.0. The highest BCUT2D eigenvalue weighted by atomic mass is 16.2. The van der Waals surface area contributed by atoms with Crippen LogP contribution in [-0.2, 0) is 0 Å². The topological polar surface area (TPSA) is 20.2 Å². The van der Waals surface area contributed by atoms with Gasteiger partial charge in [-0.25, -0.2) is 0 Å². The first-order valence-corrected chi connectivity index (χ1v) is 7.87. The third kappa shape index (κ3) is 13.6. The van der Waals surface area contributed by atoms with Crippen molar-refractivity contribution in [3.05, 3.63) is 0 Å². The Morgan fingerprint density at radius 3 is 2.00 bits per heavy atom. The van der Waals surface area contributed by atoms with Crippen molar-refractivity contribution in [3.8, 4) is 11.8 Å². The smallest absolute Gasteiger partial charge is 0.0431 e. The fourth-order valence-corrected chi connectivity index (χ4v) is 1.94. The van der Waals surface area contributed by atoms with E-state index >= 15 is 0 Å². The molecule has 0 bridgehead atoms. The summed E-state index contributed by atoms with van der Waals surface area (Å²) in [6.45, 7) is 4.95. The van der Waals surface area contributed by atoms with Crippen molar-refractivity contribution in [1.82, 2.24) is 0 Å². The molecular weight excluding hydrogens is 220 g/mol. The summed E-state index contributed by atoms with van der Waals surface area (Å²) in [5.41, 5.74) is 0. The van der Waals surface area contributed by atoms with Crippen molar-refractivity contribution in [2.45, 2.75) is 84.5 Å². The van der Waals surface area contributed by atoms with E-state index in [1.165, 1.54) is 51.4 Å². The van der Waals surface area contributed by atoms with Gasteiger partial charge in [0, 0.05) is 19.4 Å². The first-order valence-electron chi connectivity index (χ1n) is 7.87.